The Bertz CT molecular complexity index is 456. The lowest BCUT2D eigenvalue weighted by Crippen LogP contribution is -2.38. The molecule has 2 unspecified atom stereocenters. The summed E-state index contributed by atoms with van der Waals surface area (Å²) >= 11 is 0. The first kappa shape index (κ1) is 16.5. The molecule has 0 aliphatic heterocycles. The zero-order valence-electron chi connectivity index (χ0n) is 13.1. The van der Waals surface area contributed by atoms with Gasteiger partial charge in [0, 0.05) is 18.2 Å². The molecule has 0 aromatic heterocycles. The Morgan fingerprint density at radius 3 is 2.50 bits per heavy atom. The van der Waals surface area contributed by atoms with Gasteiger partial charge in [-0.25, -0.2) is 0 Å². The first-order valence-corrected chi connectivity index (χ1v) is 7.11. The Kier molecular flexibility index (Phi) is 6.02. The molecule has 0 aliphatic carbocycles. The van der Waals surface area contributed by atoms with Crippen LogP contribution in [-0.4, -0.2) is 18.6 Å². The van der Waals surface area contributed by atoms with E-state index in [9.17, 15) is 4.79 Å². The molecule has 2 atom stereocenters. The van der Waals surface area contributed by atoms with E-state index < -0.39 is 6.10 Å². The number of carbonyl (C=O) groups is 1. The lowest BCUT2D eigenvalue weighted by Gasteiger charge is -2.19. The smallest absolute Gasteiger partial charge is 0.260 e. The second-order valence-electron chi connectivity index (χ2n) is 5.73. The number of carbonyl (C=O) groups excluding carboxylic acids is 1. The summed E-state index contributed by atoms with van der Waals surface area (Å²) in [4.78, 5) is 12.0. The minimum absolute atomic E-state index is 0.101. The number of hydrogen-bond acceptors (Lipinski definition) is 3. The van der Waals surface area contributed by atoms with Crippen molar-refractivity contribution in [2.45, 2.75) is 46.8 Å². The van der Waals surface area contributed by atoms with Gasteiger partial charge < -0.3 is 15.8 Å². The third-order valence-electron chi connectivity index (χ3n) is 3.02. The zero-order valence-corrected chi connectivity index (χ0v) is 13.1. The van der Waals surface area contributed by atoms with Gasteiger partial charge in [-0.2, -0.15) is 0 Å². The SMILES string of the molecule is Cc1ccc(C(C)N)c(OC(C)C(=O)NCC(C)C)c1. The van der Waals surface area contributed by atoms with E-state index in [1.54, 1.807) is 6.92 Å². The number of amides is 1. The molecule has 1 rings (SSSR count). The molecule has 1 amide bonds. The second-order valence-corrected chi connectivity index (χ2v) is 5.73. The monoisotopic (exact) mass is 278 g/mol. The Hall–Kier alpha value is -1.55. The number of aryl methyl sites for hydroxylation is 1. The van der Waals surface area contributed by atoms with Crippen LogP contribution >= 0.6 is 0 Å². The third-order valence-corrected chi connectivity index (χ3v) is 3.02. The highest BCUT2D eigenvalue weighted by molar-refractivity contribution is 5.80. The molecule has 1 aromatic carbocycles. The number of nitrogens with two attached hydrogens (primary N) is 1. The molecule has 0 bridgehead atoms. The quantitative estimate of drug-likeness (QED) is 0.840. The van der Waals surface area contributed by atoms with Crippen LogP contribution in [0.4, 0.5) is 0 Å². The Morgan fingerprint density at radius 2 is 1.95 bits per heavy atom. The van der Waals surface area contributed by atoms with Crippen molar-refractivity contribution in [1.29, 1.82) is 0 Å². The lowest BCUT2D eigenvalue weighted by atomic mass is 10.1. The predicted octanol–water partition coefficient (Wildman–Crippen LogP) is 2.55. The molecule has 4 nitrogen and oxygen atoms in total. The Balaban J connectivity index is 2.76. The molecule has 112 valence electrons. The van der Waals surface area contributed by atoms with E-state index in [0.29, 0.717) is 18.2 Å². The van der Waals surface area contributed by atoms with Crippen LogP contribution in [0.1, 0.15) is 44.9 Å². The molecule has 0 saturated heterocycles. The van der Waals surface area contributed by atoms with Gasteiger partial charge in [-0.3, -0.25) is 4.79 Å². The maximum atomic E-state index is 12.0. The molecule has 3 N–H and O–H groups in total. The van der Waals surface area contributed by atoms with E-state index in [-0.39, 0.29) is 11.9 Å². The summed E-state index contributed by atoms with van der Waals surface area (Å²) in [5, 5.41) is 2.87. The summed E-state index contributed by atoms with van der Waals surface area (Å²) in [5.41, 5.74) is 7.93. The highest BCUT2D eigenvalue weighted by atomic mass is 16.5. The van der Waals surface area contributed by atoms with Crippen LogP contribution in [0.15, 0.2) is 18.2 Å². The predicted molar refractivity (Wildman–Crippen MR) is 81.7 cm³/mol. The van der Waals surface area contributed by atoms with Crippen molar-refractivity contribution < 1.29 is 9.53 Å². The first-order chi connectivity index (χ1) is 9.31. The molecule has 0 spiro atoms. The molecule has 0 aliphatic rings. The normalized spacial score (nSPS) is 13.9. The van der Waals surface area contributed by atoms with Crippen LogP contribution in [-0.2, 0) is 4.79 Å². The average molecular weight is 278 g/mol. The van der Waals surface area contributed by atoms with E-state index in [4.69, 9.17) is 10.5 Å². The van der Waals surface area contributed by atoms with Gasteiger partial charge >= 0.3 is 0 Å². The topological polar surface area (TPSA) is 64.3 Å². The lowest BCUT2D eigenvalue weighted by molar-refractivity contribution is -0.127. The second kappa shape index (κ2) is 7.29. The van der Waals surface area contributed by atoms with Gasteiger partial charge in [0.25, 0.3) is 5.91 Å². The molecular weight excluding hydrogens is 252 g/mol. The Labute approximate surface area is 121 Å². The summed E-state index contributed by atoms with van der Waals surface area (Å²) in [6, 6.07) is 5.74. The van der Waals surface area contributed by atoms with E-state index in [2.05, 4.69) is 19.2 Å². The first-order valence-electron chi connectivity index (χ1n) is 7.11. The molecule has 1 aromatic rings. The fourth-order valence-corrected chi connectivity index (χ4v) is 1.81. The van der Waals surface area contributed by atoms with Crippen LogP contribution in [0, 0.1) is 12.8 Å². The van der Waals surface area contributed by atoms with E-state index in [1.165, 1.54) is 0 Å². The van der Waals surface area contributed by atoms with Gasteiger partial charge in [0.2, 0.25) is 0 Å². The maximum Gasteiger partial charge on any atom is 0.260 e. The molecule has 0 fully saturated rings. The molecule has 20 heavy (non-hydrogen) atoms. The number of rotatable bonds is 6. The highest BCUT2D eigenvalue weighted by Crippen LogP contribution is 2.26. The number of ether oxygens (including phenoxy) is 1. The highest BCUT2D eigenvalue weighted by Gasteiger charge is 2.17. The molecule has 4 heteroatoms. The fourth-order valence-electron chi connectivity index (χ4n) is 1.81. The summed E-state index contributed by atoms with van der Waals surface area (Å²) in [7, 11) is 0. The van der Waals surface area contributed by atoms with Gasteiger partial charge in [0.1, 0.15) is 5.75 Å². The van der Waals surface area contributed by atoms with E-state index in [1.807, 2.05) is 32.0 Å². The van der Waals surface area contributed by atoms with Crippen LogP contribution in [0.2, 0.25) is 0 Å². The standard InChI is InChI=1S/C16H26N2O2/c1-10(2)9-18-16(19)13(5)20-15-8-11(3)6-7-14(15)12(4)17/h6-8,10,12-13H,9,17H2,1-5H3,(H,18,19). The summed E-state index contributed by atoms with van der Waals surface area (Å²) < 4.78 is 5.79. The minimum Gasteiger partial charge on any atom is -0.481 e. The third kappa shape index (κ3) is 4.85. The summed E-state index contributed by atoms with van der Waals surface area (Å²) in [6.07, 6.45) is -0.534. The van der Waals surface area contributed by atoms with Gasteiger partial charge in [0.05, 0.1) is 0 Å². The minimum atomic E-state index is -0.534. The van der Waals surface area contributed by atoms with Crippen LogP contribution < -0.4 is 15.8 Å². The van der Waals surface area contributed by atoms with Crippen molar-refractivity contribution >= 4 is 5.91 Å². The van der Waals surface area contributed by atoms with Gasteiger partial charge in [0.15, 0.2) is 6.10 Å². The number of nitrogens with one attached hydrogen (secondary N) is 1. The van der Waals surface area contributed by atoms with Crippen LogP contribution in [0.3, 0.4) is 0 Å². The molecule has 0 radical (unpaired) electrons. The molecule has 0 saturated carbocycles. The van der Waals surface area contributed by atoms with Gasteiger partial charge in [-0.15, -0.1) is 0 Å². The van der Waals surface area contributed by atoms with Crippen molar-refractivity contribution in [2.75, 3.05) is 6.54 Å². The van der Waals surface area contributed by atoms with Gasteiger partial charge in [-0.1, -0.05) is 26.0 Å². The van der Waals surface area contributed by atoms with Crippen molar-refractivity contribution in [3.8, 4) is 5.75 Å². The largest absolute Gasteiger partial charge is 0.481 e. The average Bonchev–Trinajstić information content (AvgIpc) is 2.35. The number of hydrogen-bond donors (Lipinski definition) is 2. The summed E-state index contributed by atoms with van der Waals surface area (Å²) in [5.74, 6) is 1.01. The van der Waals surface area contributed by atoms with Crippen LogP contribution in [0.25, 0.3) is 0 Å². The van der Waals surface area contributed by atoms with E-state index in [0.717, 1.165) is 11.1 Å². The van der Waals surface area contributed by atoms with Crippen molar-refractivity contribution in [3.05, 3.63) is 29.3 Å². The molecule has 0 heterocycles. The van der Waals surface area contributed by atoms with Crippen molar-refractivity contribution in [2.24, 2.45) is 11.7 Å². The molecular formula is C16H26N2O2. The maximum absolute atomic E-state index is 12.0. The number of benzene rings is 1. The Morgan fingerprint density at radius 1 is 1.30 bits per heavy atom. The zero-order chi connectivity index (χ0) is 15.3. The van der Waals surface area contributed by atoms with Crippen LogP contribution in [0.5, 0.6) is 5.75 Å². The van der Waals surface area contributed by atoms with Crippen molar-refractivity contribution in [3.63, 3.8) is 0 Å². The van der Waals surface area contributed by atoms with Crippen molar-refractivity contribution in [1.82, 2.24) is 5.32 Å². The van der Waals surface area contributed by atoms with Gasteiger partial charge in [-0.05, 0) is 38.3 Å². The fraction of sp³-hybridized carbons (Fsp3) is 0.562. The van der Waals surface area contributed by atoms with E-state index >= 15 is 0 Å². The summed E-state index contributed by atoms with van der Waals surface area (Å²) in [6.45, 7) is 10.4.